The fourth-order valence-electron chi connectivity index (χ4n) is 1.78. The summed E-state index contributed by atoms with van der Waals surface area (Å²) in [6.07, 6.45) is 4.41. The minimum absolute atomic E-state index is 0.0503. The van der Waals surface area contributed by atoms with Gasteiger partial charge in [0.25, 0.3) is 0 Å². The summed E-state index contributed by atoms with van der Waals surface area (Å²) < 4.78 is 0. The van der Waals surface area contributed by atoms with E-state index in [1.54, 1.807) is 6.20 Å². The number of aliphatic hydroxyl groups excluding tert-OH is 1. The Morgan fingerprint density at radius 2 is 1.88 bits per heavy atom. The molecule has 2 rings (SSSR count). The van der Waals surface area contributed by atoms with E-state index in [-0.39, 0.29) is 6.61 Å². The van der Waals surface area contributed by atoms with E-state index >= 15 is 0 Å². The van der Waals surface area contributed by atoms with Gasteiger partial charge < -0.3 is 5.11 Å². The average molecular weight is 213 g/mol. The van der Waals surface area contributed by atoms with Crippen molar-refractivity contribution >= 4 is 0 Å². The highest BCUT2D eigenvalue weighted by atomic mass is 16.3. The van der Waals surface area contributed by atoms with Gasteiger partial charge in [-0.2, -0.15) is 0 Å². The van der Waals surface area contributed by atoms with Crippen LogP contribution in [0.15, 0.2) is 42.7 Å². The summed E-state index contributed by atoms with van der Waals surface area (Å²) in [5, 5.41) is 9.03. The Bertz CT molecular complexity index is 480. The second kappa shape index (κ2) is 4.90. The first kappa shape index (κ1) is 10.8. The van der Waals surface area contributed by atoms with E-state index in [1.165, 1.54) is 11.1 Å². The first-order valence-electron chi connectivity index (χ1n) is 5.37. The fourth-order valence-corrected chi connectivity index (χ4v) is 1.78. The van der Waals surface area contributed by atoms with Crippen LogP contribution in [0.3, 0.4) is 0 Å². The molecule has 0 saturated heterocycles. The molecule has 1 heterocycles. The molecule has 0 unspecified atom stereocenters. The van der Waals surface area contributed by atoms with E-state index in [0.717, 1.165) is 17.5 Å². The summed E-state index contributed by atoms with van der Waals surface area (Å²) in [6.45, 7) is 2.14. The third kappa shape index (κ3) is 2.67. The highest BCUT2D eigenvalue weighted by Crippen LogP contribution is 2.11. The third-order valence-corrected chi connectivity index (χ3v) is 2.52. The lowest BCUT2D eigenvalue weighted by molar-refractivity contribution is 0.281. The number of benzene rings is 1. The van der Waals surface area contributed by atoms with Crippen molar-refractivity contribution in [3.05, 3.63) is 65.0 Å². The van der Waals surface area contributed by atoms with E-state index < -0.39 is 0 Å². The summed E-state index contributed by atoms with van der Waals surface area (Å²) in [5.74, 6) is 0. The molecular weight excluding hydrogens is 198 g/mol. The predicted molar refractivity (Wildman–Crippen MR) is 64.1 cm³/mol. The van der Waals surface area contributed by atoms with Gasteiger partial charge in [0.2, 0.25) is 0 Å². The summed E-state index contributed by atoms with van der Waals surface area (Å²) in [6, 6.07) is 10.4. The van der Waals surface area contributed by atoms with Gasteiger partial charge in [0.15, 0.2) is 0 Å². The van der Waals surface area contributed by atoms with Gasteiger partial charge in [0.05, 0.1) is 6.61 Å². The zero-order valence-electron chi connectivity index (χ0n) is 9.35. The minimum atomic E-state index is 0.0503. The molecule has 16 heavy (non-hydrogen) atoms. The first-order chi connectivity index (χ1) is 7.78. The van der Waals surface area contributed by atoms with Gasteiger partial charge in [-0.15, -0.1) is 0 Å². The van der Waals surface area contributed by atoms with E-state index in [1.807, 2.05) is 12.3 Å². The molecule has 0 aliphatic heterocycles. The van der Waals surface area contributed by atoms with Crippen LogP contribution in [0.2, 0.25) is 0 Å². The zero-order chi connectivity index (χ0) is 11.4. The van der Waals surface area contributed by atoms with Crippen molar-refractivity contribution in [2.45, 2.75) is 20.0 Å². The molecule has 0 fully saturated rings. The lowest BCUT2D eigenvalue weighted by atomic mass is 10.0. The van der Waals surface area contributed by atoms with Crippen LogP contribution in [-0.2, 0) is 13.0 Å². The van der Waals surface area contributed by atoms with Crippen molar-refractivity contribution in [2.24, 2.45) is 0 Å². The second-order valence-corrected chi connectivity index (χ2v) is 4.03. The van der Waals surface area contributed by atoms with Crippen molar-refractivity contribution in [1.82, 2.24) is 4.98 Å². The SMILES string of the molecule is Cc1cccc(Cc2cncc(CO)c2)c1. The first-order valence-corrected chi connectivity index (χ1v) is 5.37. The van der Waals surface area contributed by atoms with Crippen LogP contribution in [0.4, 0.5) is 0 Å². The van der Waals surface area contributed by atoms with Crippen molar-refractivity contribution in [1.29, 1.82) is 0 Å². The normalized spacial score (nSPS) is 10.4. The van der Waals surface area contributed by atoms with Gasteiger partial charge in [0.1, 0.15) is 0 Å². The Labute approximate surface area is 95.6 Å². The van der Waals surface area contributed by atoms with E-state index in [2.05, 4.69) is 36.2 Å². The minimum Gasteiger partial charge on any atom is -0.392 e. The van der Waals surface area contributed by atoms with Crippen LogP contribution in [0.5, 0.6) is 0 Å². The van der Waals surface area contributed by atoms with Gasteiger partial charge >= 0.3 is 0 Å². The number of aryl methyl sites for hydroxylation is 1. The summed E-state index contributed by atoms with van der Waals surface area (Å²) in [5.41, 5.74) is 4.54. The summed E-state index contributed by atoms with van der Waals surface area (Å²) in [7, 11) is 0. The predicted octanol–water partition coefficient (Wildman–Crippen LogP) is 2.47. The van der Waals surface area contributed by atoms with Crippen LogP contribution >= 0.6 is 0 Å². The number of aromatic nitrogens is 1. The number of nitrogens with zero attached hydrogens (tertiary/aromatic N) is 1. The van der Waals surface area contributed by atoms with Gasteiger partial charge in [-0.25, -0.2) is 0 Å². The molecule has 0 spiro atoms. The van der Waals surface area contributed by atoms with Crippen LogP contribution < -0.4 is 0 Å². The molecule has 2 nitrogen and oxygen atoms in total. The Balaban J connectivity index is 2.20. The smallest absolute Gasteiger partial charge is 0.0696 e. The Morgan fingerprint density at radius 3 is 2.62 bits per heavy atom. The fraction of sp³-hybridized carbons (Fsp3) is 0.214. The topological polar surface area (TPSA) is 33.1 Å². The number of rotatable bonds is 3. The van der Waals surface area contributed by atoms with Crippen LogP contribution in [0.25, 0.3) is 0 Å². The van der Waals surface area contributed by atoms with Crippen LogP contribution in [-0.4, -0.2) is 10.1 Å². The molecular formula is C14H15NO. The lowest BCUT2D eigenvalue weighted by Crippen LogP contribution is -1.93. The number of pyridine rings is 1. The van der Waals surface area contributed by atoms with Crippen LogP contribution in [0.1, 0.15) is 22.3 Å². The molecule has 82 valence electrons. The molecule has 0 amide bonds. The second-order valence-electron chi connectivity index (χ2n) is 4.03. The zero-order valence-corrected chi connectivity index (χ0v) is 9.35. The molecule has 0 bridgehead atoms. The highest BCUT2D eigenvalue weighted by Gasteiger charge is 1.98. The van der Waals surface area contributed by atoms with Crippen molar-refractivity contribution in [3.63, 3.8) is 0 Å². The Kier molecular flexibility index (Phi) is 3.32. The molecule has 1 N–H and O–H groups in total. The van der Waals surface area contributed by atoms with Crippen molar-refractivity contribution in [3.8, 4) is 0 Å². The molecule has 0 aliphatic rings. The Morgan fingerprint density at radius 1 is 1.06 bits per heavy atom. The molecule has 2 aromatic rings. The average Bonchev–Trinajstić information content (AvgIpc) is 2.29. The quantitative estimate of drug-likeness (QED) is 0.849. The number of hydrogen-bond acceptors (Lipinski definition) is 2. The molecule has 1 aromatic carbocycles. The largest absolute Gasteiger partial charge is 0.392 e. The van der Waals surface area contributed by atoms with E-state index in [0.29, 0.717) is 0 Å². The molecule has 0 saturated carbocycles. The maximum absolute atomic E-state index is 9.03. The van der Waals surface area contributed by atoms with Crippen molar-refractivity contribution in [2.75, 3.05) is 0 Å². The standard InChI is InChI=1S/C14H15NO/c1-11-3-2-4-12(5-11)6-13-7-14(10-16)9-15-8-13/h2-5,7-9,16H,6,10H2,1H3. The maximum atomic E-state index is 9.03. The monoisotopic (exact) mass is 213 g/mol. The maximum Gasteiger partial charge on any atom is 0.0696 e. The molecule has 1 aromatic heterocycles. The number of hydrogen-bond donors (Lipinski definition) is 1. The van der Waals surface area contributed by atoms with Gasteiger partial charge in [-0.1, -0.05) is 35.9 Å². The van der Waals surface area contributed by atoms with Crippen molar-refractivity contribution < 1.29 is 5.11 Å². The molecule has 0 radical (unpaired) electrons. The molecule has 0 atom stereocenters. The number of aliphatic hydroxyl groups is 1. The highest BCUT2D eigenvalue weighted by molar-refractivity contribution is 5.29. The van der Waals surface area contributed by atoms with E-state index in [9.17, 15) is 0 Å². The molecule has 0 aliphatic carbocycles. The van der Waals surface area contributed by atoms with Crippen LogP contribution in [0, 0.1) is 6.92 Å². The third-order valence-electron chi connectivity index (χ3n) is 2.52. The van der Waals surface area contributed by atoms with Gasteiger partial charge in [-0.05, 0) is 30.0 Å². The molecule has 2 heteroatoms. The lowest BCUT2D eigenvalue weighted by Gasteiger charge is -2.04. The van der Waals surface area contributed by atoms with Gasteiger partial charge in [-0.3, -0.25) is 4.98 Å². The Hall–Kier alpha value is -1.67. The van der Waals surface area contributed by atoms with E-state index in [4.69, 9.17) is 5.11 Å². The summed E-state index contributed by atoms with van der Waals surface area (Å²) in [4.78, 5) is 4.11. The van der Waals surface area contributed by atoms with Gasteiger partial charge in [0, 0.05) is 12.4 Å². The summed E-state index contributed by atoms with van der Waals surface area (Å²) >= 11 is 0.